The SMILES string of the molecule is CN(C)CCNC(C(N)=O)c1ccc(Br)c(Cl)c1. The number of amides is 1. The first-order chi connectivity index (χ1) is 8.41. The maximum absolute atomic E-state index is 11.5. The maximum Gasteiger partial charge on any atom is 0.239 e. The predicted molar refractivity (Wildman–Crippen MR) is 77.6 cm³/mol. The summed E-state index contributed by atoms with van der Waals surface area (Å²) < 4.78 is 0.796. The van der Waals surface area contributed by atoms with Crippen LogP contribution in [0, 0.1) is 0 Å². The Morgan fingerprint density at radius 1 is 1.56 bits per heavy atom. The third kappa shape index (κ3) is 4.57. The van der Waals surface area contributed by atoms with Crippen molar-refractivity contribution in [3.8, 4) is 0 Å². The van der Waals surface area contributed by atoms with Gasteiger partial charge >= 0.3 is 0 Å². The number of benzene rings is 1. The summed E-state index contributed by atoms with van der Waals surface area (Å²) >= 11 is 9.32. The van der Waals surface area contributed by atoms with E-state index in [0.29, 0.717) is 11.6 Å². The molecular formula is C12H17BrClN3O. The van der Waals surface area contributed by atoms with Crippen molar-refractivity contribution in [1.82, 2.24) is 10.2 Å². The maximum atomic E-state index is 11.5. The number of nitrogens with two attached hydrogens (primary N) is 1. The molecule has 0 spiro atoms. The monoisotopic (exact) mass is 333 g/mol. The quantitative estimate of drug-likeness (QED) is 0.834. The molecule has 1 atom stereocenters. The van der Waals surface area contributed by atoms with Gasteiger partial charge in [0.2, 0.25) is 5.91 Å². The molecule has 1 unspecified atom stereocenters. The number of nitrogens with zero attached hydrogens (tertiary/aromatic N) is 1. The molecule has 0 radical (unpaired) electrons. The van der Waals surface area contributed by atoms with Gasteiger partial charge < -0.3 is 16.0 Å². The van der Waals surface area contributed by atoms with E-state index >= 15 is 0 Å². The third-order valence-corrected chi connectivity index (χ3v) is 3.70. The number of hydrogen-bond donors (Lipinski definition) is 2. The minimum Gasteiger partial charge on any atom is -0.368 e. The molecule has 0 saturated carbocycles. The van der Waals surface area contributed by atoms with Crippen LogP contribution in [0.3, 0.4) is 0 Å². The Labute approximate surface area is 121 Å². The smallest absolute Gasteiger partial charge is 0.239 e. The Hall–Kier alpha value is -0.620. The number of nitrogens with one attached hydrogen (secondary N) is 1. The lowest BCUT2D eigenvalue weighted by molar-refractivity contribution is -0.120. The van der Waals surface area contributed by atoms with Crippen molar-refractivity contribution in [2.75, 3.05) is 27.2 Å². The number of hydrogen-bond acceptors (Lipinski definition) is 3. The van der Waals surface area contributed by atoms with Crippen LogP contribution < -0.4 is 11.1 Å². The lowest BCUT2D eigenvalue weighted by Gasteiger charge is -2.18. The molecule has 0 bridgehead atoms. The van der Waals surface area contributed by atoms with Crippen molar-refractivity contribution in [3.05, 3.63) is 33.3 Å². The highest BCUT2D eigenvalue weighted by molar-refractivity contribution is 9.10. The summed E-state index contributed by atoms with van der Waals surface area (Å²) in [7, 11) is 3.94. The van der Waals surface area contributed by atoms with Crippen LogP contribution in [0.2, 0.25) is 5.02 Å². The van der Waals surface area contributed by atoms with E-state index in [-0.39, 0.29) is 0 Å². The van der Waals surface area contributed by atoms with E-state index in [4.69, 9.17) is 17.3 Å². The number of carbonyl (C=O) groups is 1. The second kappa shape index (κ2) is 7.09. The Bertz CT molecular complexity index is 426. The number of primary amides is 1. The summed E-state index contributed by atoms with van der Waals surface area (Å²) in [4.78, 5) is 13.5. The highest BCUT2D eigenvalue weighted by Crippen LogP contribution is 2.25. The lowest BCUT2D eigenvalue weighted by Crippen LogP contribution is -2.37. The highest BCUT2D eigenvalue weighted by atomic mass is 79.9. The first-order valence-electron chi connectivity index (χ1n) is 5.54. The van der Waals surface area contributed by atoms with Crippen LogP contribution in [0.1, 0.15) is 11.6 Å². The number of carbonyl (C=O) groups excluding carboxylic acids is 1. The van der Waals surface area contributed by atoms with Crippen molar-refractivity contribution in [1.29, 1.82) is 0 Å². The van der Waals surface area contributed by atoms with Crippen molar-refractivity contribution in [2.24, 2.45) is 5.73 Å². The van der Waals surface area contributed by atoms with Gasteiger partial charge in [-0.25, -0.2) is 0 Å². The summed E-state index contributed by atoms with van der Waals surface area (Å²) in [5.74, 6) is -0.410. The van der Waals surface area contributed by atoms with Gasteiger partial charge in [0.25, 0.3) is 0 Å². The van der Waals surface area contributed by atoms with E-state index in [1.54, 1.807) is 12.1 Å². The van der Waals surface area contributed by atoms with E-state index in [9.17, 15) is 4.79 Å². The molecule has 18 heavy (non-hydrogen) atoms. The van der Waals surface area contributed by atoms with Gasteiger partial charge in [-0.3, -0.25) is 4.79 Å². The van der Waals surface area contributed by atoms with Gasteiger partial charge in [0.15, 0.2) is 0 Å². The van der Waals surface area contributed by atoms with Crippen LogP contribution in [0.15, 0.2) is 22.7 Å². The molecule has 1 aromatic rings. The van der Waals surface area contributed by atoms with Crippen LogP contribution in [0.4, 0.5) is 0 Å². The first kappa shape index (κ1) is 15.4. The van der Waals surface area contributed by atoms with Gasteiger partial charge in [-0.1, -0.05) is 17.7 Å². The lowest BCUT2D eigenvalue weighted by atomic mass is 10.1. The van der Waals surface area contributed by atoms with Crippen LogP contribution >= 0.6 is 27.5 Å². The van der Waals surface area contributed by atoms with Crippen molar-refractivity contribution in [3.63, 3.8) is 0 Å². The second-order valence-corrected chi connectivity index (χ2v) is 5.53. The van der Waals surface area contributed by atoms with Gasteiger partial charge in [0.05, 0.1) is 5.02 Å². The molecule has 1 amide bonds. The molecule has 0 aliphatic rings. The van der Waals surface area contributed by atoms with E-state index in [2.05, 4.69) is 21.2 Å². The van der Waals surface area contributed by atoms with Crippen LogP contribution in [0.5, 0.6) is 0 Å². The molecule has 1 rings (SSSR count). The topological polar surface area (TPSA) is 58.4 Å². The Balaban J connectivity index is 2.78. The van der Waals surface area contributed by atoms with Crippen LogP contribution in [-0.2, 0) is 4.79 Å². The molecule has 0 fully saturated rings. The molecule has 3 N–H and O–H groups in total. The fraction of sp³-hybridized carbons (Fsp3) is 0.417. The molecule has 100 valence electrons. The summed E-state index contributed by atoms with van der Waals surface area (Å²) in [6, 6.07) is 4.86. The summed E-state index contributed by atoms with van der Waals surface area (Å²) in [6.45, 7) is 1.50. The predicted octanol–water partition coefficient (Wildman–Crippen LogP) is 1.78. The zero-order chi connectivity index (χ0) is 13.7. The van der Waals surface area contributed by atoms with Gasteiger partial charge in [0, 0.05) is 17.6 Å². The van der Waals surface area contributed by atoms with Gasteiger partial charge in [-0.05, 0) is 47.7 Å². The molecule has 0 saturated heterocycles. The minimum atomic E-state index is -0.518. The normalized spacial score (nSPS) is 12.7. The van der Waals surface area contributed by atoms with Crippen LogP contribution in [-0.4, -0.2) is 38.0 Å². The van der Waals surface area contributed by atoms with E-state index < -0.39 is 11.9 Å². The van der Waals surface area contributed by atoms with Crippen LogP contribution in [0.25, 0.3) is 0 Å². The van der Waals surface area contributed by atoms with E-state index in [0.717, 1.165) is 16.6 Å². The van der Waals surface area contributed by atoms with Gasteiger partial charge in [-0.15, -0.1) is 0 Å². The van der Waals surface area contributed by atoms with Crippen molar-refractivity contribution < 1.29 is 4.79 Å². The van der Waals surface area contributed by atoms with Crippen molar-refractivity contribution >= 4 is 33.4 Å². The molecule has 6 heteroatoms. The summed E-state index contributed by atoms with van der Waals surface area (Å²) in [6.07, 6.45) is 0. The zero-order valence-corrected chi connectivity index (χ0v) is 12.8. The van der Waals surface area contributed by atoms with Crippen molar-refractivity contribution in [2.45, 2.75) is 6.04 Å². The fourth-order valence-electron chi connectivity index (χ4n) is 1.51. The van der Waals surface area contributed by atoms with Gasteiger partial charge in [0.1, 0.15) is 6.04 Å². The van der Waals surface area contributed by atoms with E-state index in [1.165, 1.54) is 0 Å². The second-order valence-electron chi connectivity index (χ2n) is 4.27. The van der Waals surface area contributed by atoms with Gasteiger partial charge in [-0.2, -0.15) is 0 Å². The molecule has 0 heterocycles. The average Bonchev–Trinajstić information content (AvgIpc) is 2.27. The Morgan fingerprint density at radius 3 is 2.72 bits per heavy atom. The Kier molecular flexibility index (Phi) is 6.08. The molecule has 0 aliphatic carbocycles. The standard InChI is InChI=1S/C12H17BrClN3O/c1-17(2)6-5-16-11(12(15)18)8-3-4-9(13)10(14)7-8/h3-4,7,11,16H,5-6H2,1-2H3,(H2,15,18). The molecule has 0 aliphatic heterocycles. The number of rotatable bonds is 6. The molecule has 4 nitrogen and oxygen atoms in total. The zero-order valence-electron chi connectivity index (χ0n) is 10.4. The molecule has 1 aromatic carbocycles. The average molecular weight is 335 g/mol. The largest absolute Gasteiger partial charge is 0.368 e. The summed E-state index contributed by atoms with van der Waals surface area (Å²) in [5.41, 5.74) is 6.18. The third-order valence-electron chi connectivity index (χ3n) is 2.47. The fourth-order valence-corrected chi connectivity index (χ4v) is 1.94. The molecule has 0 aromatic heterocycles. The number of likely N-dealkylation sites (N-methyl/N-ethyl adjacent to an activating group) is 1. The minimum absolute atomic E-state index is 0.410. The number of halogens is 2. The molecular weight excluding hydrogens is 318 g/mol. The Morgan fingerprint density at radius 2 is 2.22 bits per heavy atom. The highest BCUT2D eigenvalue weighted by Gasteiger charge is 2.17. The summed E-state index contributed by atoms with van der Waals surface area (Å²) in [5, 5.41) is 3.69. The van der Waals surface area contributed by atoms with E-state index in [1.807, 2.05) is 25.1 Å². The first-order valence-corrected chi connectivity index (χ1v) is 6.71.